The maximum Gasteiger partial charge on any atom is 0.255 e. The van der Waals surface area contributed by atoms with Crippen molar-refractivity contribution in [3.63, 3.8) is 0 Å². The lowest BCUT2D eigenvalue weighted by molar-refractivity contribution is 0.0754. The second kappa shape index (κ2) is 9.79. The van der Waals surface area contributed by atoms with Crippen molar-refractivity contribution in [1.29, 1.82) is 0 Å². The molecule has 0 bridgehead atoms. The second-order valence-electron chi connectivity index (χ2n) is 5.51. The van der Waals surface area contributed by atoms with E-state index in [0.717, 1.165) is 6.42 Å². The fraction of sp³-hybridized carbons (Fsp3) is 0.350. The number of carbonyl (C=O) groups excluding carboxylic acids is 1. The quantitative estimate of drug-likeness (QED) is 0.610. The molecule has 1 heterocycles. The number of furan rings is 1. The van der Waals surface area contributed by atoms with E-state index in [4.69, 9.17) is 31.9 Å². The molecule has 2 aromatic rings. The van der Waals surface area contributed by atoms with Gasteiger partial charge in [-0.2, -0.15) is 0 Å². The van der Waals surface area contributed by atoms with Crippen LogP contribution in [0.4, 0.5) is 0 Å². The lowest BCUT2D eigenvalue weighted by Crippen LogP contribution is -2.30. The Morgan fingerprint density at radius 2 is 2.15 bits per heavy atom. The van der Waals surface area contributed by atoms with Gasteiger partial charge in [0.15, 0.2) is 11.5 Å². The minimum atomic E-state index is -0.260. The summed E-state index contributed by atoms with van der Waals surface area (Å²) in [7, 11) is 0. The van der Waals surface area contributed by atoms with Gasteiger partial charge in [-0.15, -0.1) is 6.42 Å². The topological polar surface area (TPSA) is 51.9 Å². The predicted octanol–water partition coefficient (Wildman–Crippen LogP) is 4.40. The first kappa shape index (κ1) is 19.7. The molecule has 2 rings (SSSR count). The molecule has 0 N–H and O–H groups in total. The van der Waals surface area contributed by atoms with E-state index in [-0.39, 0.29) is 19.0 Å². The van der Waals surface area contributed by atoms with Crippen LogP contribution in [0.3, 0.4) is 0 Å². The Morgan fingerprint density at radius 1 is 1.35 bits per heavy atom. The number of halogens is 1. The van der Waals surface area contributed by atoms with E-state index < -0.39 is 0 Å². The summed E-state index contributed by atoms with van der Waals surface area (Å²) in [5.74, 6) is 3.77. The highest BCUT2D eigenvalue weighted by Crippen LogP contribution is 2.37. The molecule has 1 aromatic carbocycles. The van der Waals surface area contributed by atoms with Crippen LogP contribution >= 0.6 is 11.6 Å². The molecule has 1 amide bonds. The van der Waals surface area contributed by atoms with Crippen molar-refractivity contribution in [2.24, 2.45) is 0 Å². The molecule has 0 aliphatic carbocycles. The molecule has 0 spiro atoms. The third kappa shape index (κ3) is 4.96. The van der Waals surface area contributed by atoms with Crippen molar-refractivity contribution >= 4 is 17.5 Å². The van der Waals surface area contributed by atoms with Crippen molar-refractivity contribution in [2.75, 3.05) is 19.8 Å². The molecule has 0 aliphatic rings. The zero-order chi connectivity index (χ0) is 18.9. The molecule has 0 fully saturated rings. The average molecular weight is 376 g/mol. The number of ether oxygens (including phenoxy) is 2. The first-order chi connectivity index (χ1) is 12.6. The molecule has 6 heteroatoms. The standard InChI is InChI=1S/C20H22ClNO4/c1-4-9-22(14-16-8-7-11-25-16)20(23)15-12-17(21)19(26-10-5-2)18(13-15)24-6-3/h1,7-8,11-13H,5-6,9-10,14H2,2-3H3. The Kier molecular flexibility index (Phi) is 7.43. The van der Waals surface area contributed by atoms with E-state index in [1.807, 2.05) is 13.8 Å². The SMILES string of the molecule is C#CCN(Cc1ccco1)C(=O)c1cc(Cl)c(OCCC)c(OCC)c1. The zero-order valence-corrected chi connectivity index (χ0v) is 15.7. The monoisotopic (exact) mass is 375 g/mol. The third-order valence-electron chi connectivity index (χ3n) is 3.50. The maximum atomic E-state index is 12.9. The van der Waals surface area contributed by atoms with Gasteiger partial charge in [-0.25, -0.2) is 0 Å². The Bertz CT molecular complexity index is 765. The Labute approximate surface area is 158 Å². The largest absolute Gasteiger partial charge is 0.490 e. The summed E-state index contributed by atoms with van der Waals surface area (Å²) >= 11 is 6.34. The Balaban J connectivity index is 2.32. The molecule has 26 heavy (non-hydrogen) atoms. The van der Waals surface area contributed by atoms with E-state index in [2.05, 4.69) is 5.92 Å². The van der Waals surface area contributed by atoms with Crippen LogP contribution in [0, 0.1) is 12.3 Å². The first-order valence-corrected chi connectivity index (χ1v) is 8.82. The van der Waals surface area contributed by atoms with Gasteiger partial charge in [0.05, 0.1) is 37.6 Å². The Hall–Kier alpha value is -2.58. The van der Waals surface area contributed by atoms with Gasteiger partial charge in [-0.05, 0) is 37.6 Å². The normalized spacial score (nSPS) is 10.2. The second-order valence-corrected chi connectivity index (χ2v) is 5.92. The van der Waals surface area contributed by atoms with Crippen LogP contribution in [0.2, 0.25) is 5.02 Å². The van der Waals surface area contributed by atoms with Crippen LogP contribution in [-0.4, -0.2) is 30.6 Å². The van der Waals surface area contributed by atoms with Gasteiger partial charge in [0, 0.05) is 5.56 Å². The highest BCUT2D eigenvalue weighted by atomic mass is 35.5. The lowest BCUT2D eigenvalue weighted by atomic mass is 10.1. The third-order valence-corrected chi connectivity index (χ3v) is 3.78. The summed E-state index contributed by atoms with van der Waals surface area (Å²) in [5.41, 5.74) is 0.379. The van der Waals surface area contributed by atoms with Crippen molar-refractivity contribution in [3.8, 4) is 23.8 Å². The number of terminal acetylenes is 1. The molecule has 5 nitrogen and oxygen atoms in total. The van der Waals surface area contributed by atoms with E-state index in [1.54, 1.807) is 30.5 Å². The summed E-state index contributed by atoms with van der Waals surface area (Å²) in [5, 5.41) is 0.325. The first-order valence-electron chi connectivity index (χ1n) is 8.44. The fourth-order valence-electron chi connectivity index (χ4n) is 2.38. The van der Waals surface area contributed by atoms with Crippen molar-refractivity contribution < 1.29 is 18.7 Å². The van der Waals surface area contributed by atoms with Crippen LogP contribution in [0.5, 0.6) is 11.5 Å². The highest BCUT2D eigenvalue weighted by molar-refractivity contribution is 6.32. The fourth-order valence-corrected chi connectivity index (χ4v) is 2.65. The van der Waals surface area contributed by atoms with Gasteiger partial charge < -0.3 is 18.8 Å². The molecule has 0 unspecified atom stereocenters. The lowest BCUT2D eigenvalue weighted by Gasteiger charge is -2.21. The van der Waals surface area contributed by atoms with Crippen molar-refractivity contribution in [2.45, 2.75) is 26.8 Å². The predicted molar refractivity (Wildman–Crippen MR) is 101 cm³/mol. The number of carbonyl (C=O) groups is 1. The summed E-state index contributed by atoms with van der Waals surface area (Å²) in [6.45, 7) is 5.21. The summed E-state index contributed by atoms with van der Waals surface area (Å²) in [4.78, 5) is 14.4. The van der Waals surface area contributed by atoms with E-state index in [1.165, 1.54) is 4.90 Å². The van der Waals surface area contributed by atoms with Crippen LogP contribution < -0.4 is 9.47 Å². The summed E-state index contributed by atoms with van der Waals surface area (Å²) < 4.78 is 16.6. The molecule has 0 saturated heterocycles. The number of benzene rings is 1. The van der Waals surface area contributed by atoms with Gasteiger partial charge in [0.25, 0.3) is 5.91 Å². The van der Waals surface area contributed by atoms with Crippen LogP contribution in [-0.2, 0) is 6.54 Å². The maximum absolute atomic E-state index is 12.9. The summed E-state index contributed by atoms with van der Waals surface area (Å²) in [6, 6.07) is 6.76. The molecule has 138 valence electrons. The van der Waals surface area contributed by atoms with Gasteiger partial charge in [0.1, 0.15) is 5.76 Å². The molecular formula is C20H22ClNO4. The smallest absolute Gasteiger partial charge is 0.255 e. The molecule has 0 radical (unpaired) electrons. The van der Waals surface area contributed by atoms with Crippen molar-refractivity contribution in [3.05, 3.63) is 46.9 Å². The van der Waals surface area contributed by atoms with Crippen LogP contribution in [0.25, 0.3) is 0 Å². The molecule has 1 aromatic heterocycles. The van der Waals surface area contributed by atoms with E-state index >= 15 is 0 Å². The minimum absolute atomic E-state index is 0.148. The number of nitrogens with zero attached hydrogens (tertiary/aromatic N) is 1. The molecular weight excluding hydrogens is 354 g/mol. The summed E-state index contributed by atoms with van der Waals surface area (Å²) in [6.07, 6.45) is 7.80. The number of hydrogen-bond acceptors (Lipinski definition) is 4. The zero-order valence-electron chi connectivity index (χ0n) is 15.0. The molecule has 0 atom stereocenters. The van der Waals surface area contributed by atoms with Crippen LogP contribution in [0.15, 0.2) is 34.9 Å². The van der Waals surface area contributed by atoms with Gasteiger partial charge >= 0.3 is 0 Å². The minimum Gasteiger partial charge on any atom is -0.490 e. The van der Waals surface area contributed by atoms with Crippen molar-refractivity contribution in [1.82, 2.24) is 4.90 Å². The Morgan fingerprint density at radius 3 is 2.77 bits per heavy atom. The van der Waals surface area contributed by atoms with E-state index in [9.17, 15) is 4.79 Å². The number of amides is 1. The van der Waals surface area contributed by atoms with E-state index in [0.29, 0.717) is 41.1 Å². The molecule has 0 aliphatic heterocycles. The average Bonchev–Trinajstić information content (AvgIpc) is 3.13. The highest BCUT2D eigenvalue weighted by Gasteiger charge is 2.21. The van der Waals surface area contributed by atoms with Crippen LogP contribution in [0.1, 0.15) is 36.4 Å². The van der Waals surface area contributed by atoms with Gasteiger partial charge in [0.2, 0.25) is 0 Å². The van der Waals surface area contributed by atoms with Gasteiger partial charge in [-0.1, -0.05) is 24.4 Å². The number of rotatable bonds is 9. The molecule has 0 saturated carbocycles. The van der Waals surface area contributed by atoms with Gasteiger partial charge in [-0.3, -0.25) is 4.79 Å². The number of hydrogen-bond donors (Lipinski definition) is 0.